The second-order valence-corrected chi connectivity index (χ2v) is 9.19. The van der Waals surface area contributed by atoms with Crippen molar-refractivity contribution >= 4 is 46.1 Å². The minimum absolute atomic E-state index is 0.0623. The van der Waals surface area contributed by atoms with Gasteiger partial charge < -0.3 is 9.84 Å². The van der Waals surface area contributed by atoms with Crippen LogP contribution in [0.4, 0.5) is 5.69 Å². The highest BCUT2D eigenvalue weighted by molar-refractivity contribution is 7.10. The Morgan fingerprint density at radius 2 is 1.84 bits per heavy atom. The number of hydrogen-bond acceptors (Lipinski definition) is 5. The third-order valence-corrected chi connectivity index (χ3v) is 6.66. The van der Waals surface area contributed by atoms with E-state index in [2.05, 4.69) is 0 Å². The van der Waals surface area contributed by atoms with Crippen molar-refractivity contribution in [3.05, 3.63) is 86.6 Å². The molecule has 164 valence electrons. The molecular weight excluding hydrogens is 446 g/mol. The number of benzene rings is 2. The molecule has 32 heavy (non-hydrogen) atoms. The SMILES string of the molecule is COc1ccc(/C(O)=C2/C(=O)C(=O)N(c3ccc(Cl)cc3)C2c2cccs2)cc1C(C)C. The molecule has 1 aliphatic heterocycles. The van der Waals surface area contributed by atoms with E-state index in [9.17, 15) is 14.7 Å². The van der Waals surface area contributed by atoms with Gasteiger partial charge in [-0.25, -0.2) is 0 Å². The monoisotopic (exact) mass is 467 g/mol. The topological polar surface area (TPSA) is 66.8 Å². The first kappa shape index (κ1) is 22.1. The van der Waals surface area contributed by atoms with E-state index in [0.29, 0.717) is 22.0 Å². The lowest BCUT2D eigenvalue weighted by atomic mass is 9.95. The molecule has 1 saturated heterocycles. The highest BCUT2D eigenvalue weighted by atomic mass is 35.5. The molecule has 4 rings (SSSR count). The molecule has 2 heterocycles. The lowest BCUT2D eigenvalue weighted by molar-refractivity contribution is -0.132. The van der Waals surface area contributed by atoms with Gasteiger partial charge in [-0.05, 0) is 65.4 Å². The summed E-state index contributed by atoms with van der Waals surface area (Å²) in [6, 6.07) is 15.0. The molecule has 1 N–H and O–H groups in total. The fourth-order valence-electron chi connectivity index (χ4n) is 3.90. The number of anilines is 1. The van der Waals surface area contributed by atoms with E-state index in [1.54, 1.807) is 49.6 Å². The first-order valence-corrected chi connectivity index (χ1v) is 11.4. The number of ether oxygens (including phenoxy) is 1. The quantitative estimate of drug-likeness (QED) is 0.277. The van der Waals surface area contributed by atoms with Gasteiger partial charge in [-0.1, -0.05) is 31.5 Å². The van der Waals surface area contributed by atoms with Gasteiger partial charge in [0.25, 0.3) is 11.7 Å². The first-order chi connectivity index (χ1) is 15.3. The van der Waals surface area contributed by atoms with Crippen LogP contribution >= 0.6 is 22.9 Å². The molecule has 1 aliphatic rings. The maximum atomic E-state index is 13.2. The van der Waals surface area contributed by atoms with E-state index in [-0.39, 0.29) is 17.3 Å². The van der Waals surface area contributed by atoms with Gasteiger partial charge in [0.1, 0.15) is 17.6 Å². The van der Waals surface area contributed by atoms with Crippen LogP contribution in [0.1, 0.15) is 41.8 Å². The molecule has 1 atom stereocenters. The van der Waals surface area contributed by atoms with Crippen LogP contribution in [0.15, 0.2) is 65.6 Å². The van der Waals surface area contributed by atoms with E-state index in [4.69, 9.17) is 16.3 Å². The van der Waals surface area contributed by atoms with Crippen LogP contribution in [0, 0.1) is 0 Å². The minimum atomic E-state index is -0.735. The molecule has 3 aromatic rings. The van der Waals surface area contributed by atoms with Crippen LogP contribution in [0.25, 0.3) is 5.76 Å². The van der Waals surface area contributed by atoms with E-state index in [0.717, 1.165) is 10.4 Å². The van der Waals surface area contributed by atoms with Crippen molar-refractivity contribution in [3.63, 3.8) is 0 Å². The van der Waals surface area contributed by atoms with Crippen LogP contribution in [0.3, 0.4) is 0 Å². The number of amides is 1. The lowest BCUT2D eigenvalue weighted by Gasteiger charge is -2.24. The Bertz CT molecular complexity index is 1200. The number of thiophene rings is 1. The zero-order valence-electron chi connectivity index (χ0n) is 17.8. The van der Waals surface area contributed by atoms with Gasteiger partial charge >= 0.3 is 0 Å². The molecule has 7 heteroatoms. The van der Waals surface area contributed by atoms with E-state index >= 15 is 0 Å². The van der Waals surface area contributed by atoms with Crippen molar-refractivity contribution in [1.82, 2.24) is 0 Å². The predicted molar refractivity (Wildman–Crippen MR) is 128 cm³/mol. The third kappa shape index (κ3) is 3.80. The van der Waals surface area contributed by atoms with E-state index in [1.165, 1.54) is 16.2 Å². The number of aliphatic hydroxyl groups excluding tert-OH is 1. The Morgan fingerprint density at radius 3 is 2.44 bits per heavy atom. The molecular formula is C25H22ClNO4S. The van der Waals surface area contributed by atoms with Crippen LogP contribution in [-0.4, -0.2) is 23.9 Å². The number of halogens is 1. The number of carbonyl (C=O) groups is 2. The summed E-state index contributed by atoms with van der Waals surface area (Å²) in [5.74, 6) is -0.777. The number of nitrogens with zero attached hydrogens (tertiary/aromatic N) is 1. The molecule has 0 spiro atoms. The van der Waals surface area contributed by atoms with Crippen LogP contribution < -0.4 is 9.64 Å². The van der Waals surface area contributed by atoms with Gasteiger partial charge in [-0.2, -0.15) is 0 Å². The highest BCUT2D eigenvalue weighted by Gasteiger charge is 2.47. The fourth-order valence-corrected chi connectivity index (χ4v) is 4.85. The summed E-state index contributed by atoms with van der Waals surface area (Å²) in [5, 5.41) is 13.7. The van der Waals surface area contributed by atoms with Crippen LogP contribution in [0.5, 0.6) is 5.75 Å². The Labute approximate surface area is 195 Å². The summed E-state index contributed by atoms with van der Waals surface area (Å²) in [7, 11) is 1.59. The molecule has 0 aliphatic carbocycles. The third-order valence-electron chi connectivity index (χ3n) is 5.49. The molecule has 2 aromatic carbocycles. The molecule has 1 aromatic heterocycles. The number of Topliss-reactive ketones (excluding diaryl/α,β-unsaturated/α-hetero) is 1. The van der Waals surface area contributed by atoms with Gasteiger partial charge in [0.15, 0.2) is 0 Å². The predicted octanol–water partition coefficient (Wildman–Crippen LogP) is 6.16. The van der Waals surface area contributed by atoms with Gasteiger partial charge in [-0.15, -0.1) is 11.3 Å². The summed E-state index contributed by atoms with van der Waals surface area (Å²) in [4.78, 5) is 28.5. The second kappa shape index (κ2) is 8.81. The number of ketones is 1. The Hall–Kier alpha value is -3.09. The van der Waals surface area contributed by atoms with E-state index < -0.39 is 17.7 Å². The fraction of sp³-hybridized carbons (Fsp3) is 0.200. The Balaban J connectivity index is 1.91. The van der Waals surface area contributed by atoms with Gasteiger partial charge in [0, 0.05) is 21.2 Å². The summed E-state index contributed by atoms with van der Waals surface area (Å²) in [6.45, 7) is 4.04. The molecule has 0 bridgehead atoms. The minimum Gasteiger partial charge on any atom is -0.507 e. The normalized spacial score (nSPS) is 17.9. The number of hydrogen-bond donors (Lipinski definition) is 1. The lowest BCUT2D eigenvalue weighted by Crippen LogP contribution is -2.29. The van der Waals surface area contributed by atoms with Gasteiger partial charge in [0.2, 0.25) is 0 Å². The summed E-state index contributed by atoms with van der Waals surface area (Å²) in [5.41, 5.74) is 1.96. The zero-order valence-corrected chi connectivity index (χ0v) is 19.4. The zero-order chi connectivity index (χ0) is 23.0. The maximum Gasteiger partial charge on any atom is 0.300 e. The van der Waals surface area contributed by atoms with Crippen molar-refractivity contribution in [1.29, 1.82) is 0 Å². The molecule has 1 unspecified atom stereocenters. The highest BCUT2D eigenvalue weighted by Crippen LogP contribution is 2.44. The summed E-state index contributed by atoms with van der Waals surface area (Å²) >= 11 is 7.43. The Kier molecular flexibility index (Phi) is 6.09. The average molecular weight is 468 g/mol. The van der Waals surface area contributed by atoms with Gasteiger partial charge in [-0.3, -0.25) is 14.5 Å². The van der Waals surface area contributed by atoms with Crippen molar-refractivity contribution in [2.45, 2.75) is 25.8 Å². The number of rotatable bonds is 5. The molecule has 0 radical (unpaired) electrons. The molecule has 1 fully saturated rings. The van der Waals surface area contributed by atoms with E-state index in [1.807, 2.05) is 31.4 Å². The largest absolute Gasteiger partial charge is 0.507 e. The average Bonchev–Trinajstić information content (AvgIpc) is 3.40. The second-order valence-electron chi connectivity index (χ2n) is 7.77. The van der Waals surface area contributed by atoms with Crippen molar-refractivity contribution < 1.29 is 19.4 Å². The van der Waals surface area contributed by atoms with Gasteiger partial charge in [0.05, 0.1) is 12.7 Å². The molecule has 0 saturated carbocycles. The maximum absolute atomic E-state index is 13.2. The summed E-state index contributed by atoms with van der Waals surface area (Å²) < 4.78 is 5.43. The number of carbonyl (C=O) groups excluding carboxylic acids is 2. The standard InChI is InChI=1S/C25H22ClNO4S/c1-14(2)18-13-15(6-11-19(18)31-3)23(28)21-22(20-5-4-12-32-20)27(25(30)24(21)29)17-9-7-16(26)8-10-17/h4-14,22,28H,1-3H3/b23-21-. The van der Waals surface area contributed by atoms with Crippen LogP contribution in [-0.2, 0) is 9.59 Å². The molecule has 1 amide bonds. The number of aliphatic hydroxyl groups is 1. The first-order valence-electron chi connectivity index (χ1n) is 10.1. The van der Waals surface area contributed by atoms with Crippen molar-refractivity contribution in [2.75, 3.05) is 12.0 Å². The number of methoxy groups -OCH3 is 1. The smallest absolute Gasteiger partial charge is 0.300 e. The van der Waals surface area contributed by atoms with Crippen molar-refractivity contribution in [3.8, 4) is 5.75 Å². The molecule has 5 nitrogen and oxygen atoms in total. The van der Waals surface area contributed by atoms with Crippen LogP contribution in [0.2, 0.25) is 5.02 Å². The summed E-state index contributed by atoms with van der Waals surface area (Å²) in [6.07, 6.45) is 0. The van der Waals surface area contributed by atoms with Crippen molar-refractivity contribution in [2.24, 2.45) is 0 Å². The Morgan fingerprint density at radius 1 is 1.12 bits per heavy atom.